The lowest BCUT2D eigenvalue weighted by Crippen LogP contribution is -2.26. The summed E-state index contributed by atoms with van der Waals surface area (Å²) in [5, 5.41) is 5.04. The average molecular weight is 397 g/mol. The van der Waals surface area contributed by atoms with Crippen molar-refractivity contribution < 1.29 is 14.0 Å². The molecule has 28 heavy (non-hydrogen) atoms. The first kappa shape index (κ1) is 19.7. The Morgan fingerprint density at radius 3 is 2.50 bits per heavy atom. The fraction of sp³-hybridized carbons (Fsp3) is 0.190. The molecule has 5 nitrogen and oxygen atoms in total. The summed E-state index contributed by atoms with van der Waals surface area (Å²) in [6.45, 7) is 0. The first-order valence-electron chi connectivity index (χ1n) is 8.86. The Labute approximate surface area is 166 Å². The number of aromatic nitrogens is 1. The number of nitrogens with zero attached hydrogens (tertiary/aromatic N) is 2. The van der Waals surface area contributed by atoms with Gasteiger partial charge in [-0.25, -0.2) is 9.37 Å². The Balaban J connectivity index is 1.46. The first-order chi connectivity index (χ1) is 13.5. The molecule has 0 atom stereocenters. The van der Waals surface area contributed by atoms with Crippen LogP contribution in [-0.2, 0) is 9.59 Å². The number of halogens is 1. The second-order valence-electron chi connectivity index (χ2n) is 6.23. The van der Waals surface area contributed by atoms with Crippen LogP contribution in [0.2, 0.25) is 0 Å². The summed E-state index contributed by atoms with van der Waals surface area (Å²) in [5.74, 6) is -0.526. The van der Waals surface area contributed by atoms with E-state index in [0.717, 1.165) is 11.3 Å². The van der Waals surface area contributed by atoms with Gasteiger partial charge < -0.3 is 10.2 Å². The van der Waals surface area contributed by atoms with Gasteiger partial charge in [-0.1, -0.05) is 18.2 Å². The molecule has 0 radical (unpaired) electrons. The third-order valence-corrected chi connectivity index (χ3v) is 4.96. The summed E-state index contributed by atoms with van der Waals surface area (Å²) in [7, 11) is 1.73. The van der Waals surface area contributed by atoms with Crippen LogP contribution in [0.1, 0.15) is 19.3 Å². The van der Waals surface area contributed by atoms with E-state index in [1.54, 1.807) is 29.5 Å². The molecule has 0 fully saturated rings. The number of amides is 2. The number of hydrogen-bond donors (Lipinski definition) is 1. The third-order valence-electron chi connectivity index (χ3n) is 4.20. The number of anilines is 2. The van der Waals surface area contributed by atoms with Gasteiger partial charge in [0.1, 0.15) is 5.82 Å². The lowest BCUT2D eigenvalue weighted by Gasteiger charge is -2.17. The van der Waals surface area contributed by atoms with Gasteiger partial charge in [-0.3, -0.25) is 9.59 Å². The SMILES string of the molecule is CN(C(=O)CCCC(=O)Nc1nc(-c2ccc(F)cc2)cs1)c1ccccc1. The highest BCUT2D eigenvalue weighted by atomic mass is 32.1. The molecule has 0 aliphatic carbocycles. The minimum Gasteiger partial charge on any atom is -0.316 e. The standard InChI is InChI=1S/C21H20FN3O2S/c1-25(17-6-3-2-4-7-17)20(27)9-5-8-19(26)24-21-23-18(14-28-21)15-10-12-16(22)13-11-15/h2-4,6-7,10-14H,5,8-9H2,1H3,(H,23,24,26). The van der Waals surface area contributed by atoms with E-state index in [4.69, 9.17) is 0 Å². The maximum Gasteiger partial charge on any atom is 0.226 e. The van der Waals surface area contributed by atoms with Crippen LogP contribution in [0.15, 0.2) is 60.0 Å². The van der Waals surface area contributed by atoms with Gasteiger partial charge in [0.25, 0.3) is 0 Å². The van der Waals surface area contributed by atoms with Gasteiger partial charge in [0.05, 0.1) is 5.69 Å². The van der Waals surface area contributed by atoms with E-state index in [-0.39, 0.29) is 30.5 Å². The molecule has 1 N–H and O–H groups in total. The van der Waals surface area contributed by atoms with Crippen molar-refractivity contribution in [2.24, 2.45) is 0 Å². The van der Waals surface area contributed by atoms with Gasteiger partial charge in [-0.2, -0.15) is 0 Å². The van der Waals surface area contributed by atoms with Crippen molar-refractivity contribution in [3.8, 4) is 11.3 Å². The maximum atomic E-state index is 13.0. The van der Waals surface area contributed by atoms with E-state index in [9.17, 15) is 14.0 Å². The average Bonchev–Trinajstić information content (AvgIpc) is 3.16. The number of carbonyl (C=O) groups excluding carboxylic acids is 2. The summed E-state index contributed by atoms with van der Waals surface area (Å²) in [5.41, 5.74) is 2.29. The summed E-state index contributed by atoms with van der Waals surface area (Å²) in [6, 6.07) is 15.4. The number of nitrogens with one attached hydrogen (secondary N) is 1. The smallest absolute Gasteiger partial charge is 0.226 e. The number of rotatable bonds is 7. The molecule has 0 spiro atoms. The first-order valence-corrected chi connectivity index (χ1v) is 9.74. The van der Waals surface area contributed by atoms with Crippen LogP contribution in [0.25, 0.3) is 11.3 Å². The Bertz CT molecular complexity index is 942. The molecule has 0 aliphatic heterocycles. The molecular weight excluding hydrogens is 377 g/mol. The van der Waals surface area contributed by atoms with Gasteiger partial charge in [0, 0.05) is 36.5 Å². The molecule has 0 saturated heterocycles. The van der Waals surface area contributed by atoms with Crippen LogP contribution in [0.5, 0.6) is 0 Å². The molecule has 2 amide bonds. The largest absolute Gasteiger partial charge is 0.316 e. The molecule has 7 heteroatoms. The Hall–Kier alpha value is -3.06. The second-order valence-corrected chi connectivity index (χ2v) is 7.09. The van der Waals surface area contributed by atoms with Crippen molar-refractivity contribution >= 4 is 34.0 Å². The molecule has 3 rings (SSSR count). The highest BCUT2D eigenvalue weighted by Gasteiger charge is 2.12. The fourth-order valence-corrected chi connectivity index (χ4v) is 3.37. The molecule has 3 aromatic rings. The number of thiazole rings is 1. The van der Waals surface area contributed by atoms with Crippen LogP contribution in [0, 0.1) is 5.82 Å². The molecule has 0 unspecified atom stereocenters. The van der Waals surface area contributed by atoms with Crippen LogP contribution in [0.4, 0.5) is 15.2 Å². The zero-order chi connectivity index (χ0) is 19.9. The van der Waals surface area contributed by atoms with Crippen LogP contribution in [-0.4, -0.2) is 23.8 Å². The van der Waals surface area contributed by atoms with E-state index in [1.807, 2.05) is 30.3 Å². The van der Waals surface area contributed by atoms with Gasteiger partial charge in [-0.15, -0.1) is 11.3 Å². The predicted molar refractivity (Wildman–Crippen MR) is 110 cm³/mol. The van der Waals surface area contributed by atoms with Crippen molar-refractivity contribution in [2.45, 2.75) is 19.3 Å². The van der Waals surface area contributed by atoms with Crippen molar-refractivity contribution in [1.29, 1.82) is 0 Å². The van der Waals surface area contributed by atoms with Crippen molar-refractivity contribution in [3.05, 3.63) is 65.8 Å². The number of para-hydroxylation sites is 1. The van der Waals surface area contributed by atoms with E-state index in [0.29, 0.717) is 17.2 Å². The summed E-state index contributed by atoms with van der Waals surface area (Å²) in [4.78, 5) is 30.3. The molecule has 1 aromatic heterocycles. The number of benzene rings is 2. The molecule has 0 saturated carbocycles. The zero-order valence-corrected chi connectivity index (χ0v) is 16.2. The topological polar surface area (TPSA) is 62.3 Å². The van der Waals surface area contributed by atoms with E-state index in [2.05, 4.69) is 10.3 Å². The summed E-state index contributed by atoms with van der Waals surface area (Å²) >= 11 is 1.31. The van der Waals surface area contributed by atoms with Gasteiger partial charge in [0.2, 0.25) is 11.8 Å². The lowest BCUT2D eigenvalue weighted by atomic mass is 10.2. The van der Waals surface area contributed by atoms with Crippen LogP contribution < -0.4 is 10.2 Å². The van der Waals surface area contributed by atoms with Gasteiger partial charge in [0.15, 0.2) is 5.13 Å². The minimum absolute atomic E-state index is 0.0353. The Morgan fingerprint density at radius 2 is 1.79 bits per heavy atom. The summed E-state index contributed by atoms with van der Waals surface area (Å²) < 4.78 is 13.0. The lowest BCUT2D eigenvalue weighted by molar-refractivity contribution is -0.118. The van der Waals surface area contributed by atoms with Crippen LogP contribution >= 0.6 is 11.3 Å². The third kappa shape index (κ3) is 5.23. The van der Waals surface area contributed by atoms with Crippen molar-refractivity contribution in [2.75, 3.05) is 17.3 Å². The zero-order valence-electron chi connectivity index (χ0n) is 15.4. The number of hydrogen-bond acceptors (Lipinski definition) is 4. The maximum absolute atomic E-state index is 13.0. The van der Waals surface area contributed by atoms with Crippen LogP contribution in [0.3, 0.4) is 0 Å². The van der Waals surface area contributed by atoms with Crippen molar-refractivity contribution in [1.82, 2.24) is 4.98 Å². The van der Waals surface area contributed by atoms with E-state index in [1.165, 1.54) is 23.5 Å². The Morgan fingerprint density at radius 1 is 1.07 bits per heavy atom. The summed E-state index contributed by atoms with van der Waals surface area (Å²) in [6.07, 6.45) is 0.982. The van der Waals surface area contributed by atoms with Crippen molar-refractivity contribution in [3.63, 3.8) is 0 Å². The molecule has 0 aliphatic rings. The van der Waals surface area contributed by atoms with Gasteiger partial charge in [-0.05, 0) is 42.8 Å². The fourth-order valence-electron chi connectivity index (χ4n) is 2.63. The monoisotopic (exact) mass is 397 g/mol. The number of carbonyl (C=O) groups is 2. The highest BCUT2D eigenvalue weighted by Crippen LogP contribution is 2.25. The van der Waals surface area contributed by atoms with Gasteiger partial charge >= 0.3 is 0 Å². The predicted octanol–water partition coefficient (Wildman–Crippen LogP) is 4.72. The normalized spacial score (nSPS) is 10.5. The minimum atomic E-state index is -0.306. The Kier molecular flexibility index (Phi) is 6.49. The quantitative estimate of drug-likeness (QED) is 0.627. The van der Waals surface area contributed by atoms with E-state index >= 15 is 0 Å². The molecule has 144 valence electrons. The molecule has 1 heterocycles. The molecule has 0 bridgehead atoms. The molecular formula is C21H20FN3O2S. The molecule has 2 aromatic carbocycles. The second kappa shape index (κ2) is 9.23. The highest BCUT2D eigenvalue weighted by molar-refractivity contribution is 7.14. The van der Waals surface area contributed by atoms with E-state index < -0.39 is 0 Å².